The molecule has 1 aliphatic heterocycles. The Morgan fingerprint density at radius 1 is 1.30 bits per heavy atom. The number of nitro groups is 1. The molecule has 0 spiro atoms. The highest BCUT2D eigenvalue weighted by atomic mass is 32.2. The summed E-state index contributed by atoms with van der Waals surface area (Å²) in [6.07, 6.45) is 1.42. The van der Waals surface area contributed by atoms with Crippen LogP contribution in [0, 0.1) is 21.4 Å². The second kappa shape index (κ2) is 6.54. The van der Waals surface area contributed by atoms with Crippen LogP contribution in [0.2, 0.25) is 0 Å². The fraction of sp³-hybridized carbons (Fsp3) is 0.600. The van der Waals surface area contributed by atoms with E-state index in [2.05, 4.69) is 13.8 Å². The summed E-state index contributed by atoms with van der Waals surface area (Å²) in [6.45, 7) is 5.45. The Kier molecular flexibility index (Phi) is 5.07. The fourth-order valence-electron chi connectivity index (χ4n) is 3.01. The van der Waals surface area contributed by atoms with Crippen molar-refractivity contribution >= 4 is 15.7 Å². The molecule has 2 N–H and O–H groups in total. The van der Waals surface area contributed by atoms with Crippen LogP contribution in [0.25, 0.3) is 0 Å². The van der Waals surface area contributed by atoms with Gasteiger partial charge in [0.1, 0.15) is 0 Å². The Labute approximate surface area is 136 Å². The summed E-state index contributed by atoms with van der Waals surface area (Å²) >= 11 is 0. The third-order valence-corrected chi connectivity index (χ3v) is 6.71. The minimum Gasteiger partial charge on any atom is -0.330 e. The van der Waals surface area contributed by atoms with E-state index < -0.39 is 14.9 Å². The second-order valence-corrected chi connectivity index (χ2v) is 8.50. The molecule has 1 saturated heterocycles. The number of benzene rings is 1. The van der Waals surface area contributed by atoms with E-state index in [9.17, 15) is 18.5 Å². The van der Waals surface area contributed by atoms with Crippen molar-refractivity contribution in [2.75, 3.05) is 19.6 Å². The van der Waals surface area contributed by atoms with E-state index >= 15 is 0 Å². The normalized spacial score (nSPS) is 18.0. The van der Waals surface area contributed by atoms with E-state index in [1.807, 2.05) is 0 Å². The largest absolute Gasteiger partial charge is 0.330 e. The first-order valence-corrected chi connectivity index (χ1v) is 9.08. The van der Waals surface area contributed by atoms with Crippen LogP contribution >= 0.6 is 0 Å². The molecular formula is C15H23N3O4S. The lowest BCUT2D eigenvalue weighted by molar-refractivity contribution is -0.387. The molecule has 0 atom stereocenters. The van der Waals surface area contributed by atoms with Gasteiger partial charge in [0.15, 0.2) is 4.90 Å². The van der Waals surface area contributed by atoms with Gasteiger partial charge in [0, 0.05) is 19.2 Å². The first kappa shape index (κ1) is 17.8. The summed E-state index contributed by atoms with van der Waals surface area (Å²) < 4.78 is 26.8. The first-order valence-electron chi connectivity index (χ1n) is 7.64. The van der Waals surface area contributed by atoms with Gasteiger partial charge in [0.05, 0.1) is 4.92 Å². The third-order valence-electron chi connectivity index (χ3n) is 4.76. The van der Waals surface area contributed by atoms with Crippen LogP contribution in [0.1, 0.15) is 26.7 Å². The number of nitro benzene ring substituents is 1. The van der Waals surface area contributed by atoms with Crippen LogP contribution in [0.5, 0.6) is 0 Å². The second-order valence-electron chi connectivity index (χ2n) is 6.60. The van der Waals surface area contributed by atoms with Crippen molar-refractivity contribution in [2.24, 2.45) is 17.1 Å². The van der Waals surface area contributed by atoms with Gasteiger partial charge in [0.2, 0.25) is 10.0 Å². The fourth-order valence-corrected chi connectivity index (χ4v) is 4.64. The van der Waals surface area contributed by atoms with Crippen LogP contribution in [-0.4, -0.2) is 37.3 Å². The average Bonchev–Trinajstić information content (AvgIpc) is 2.55. The minimum absolute atomic E-state index is 0.0331. The number of sulfonamides is 1. The lowest BCUT2D eigenvalue weighted by atomic mass is 9.74. The smallest absolute Gasteiger partial charge is 0.289 e. The molecule has 0 amide bonds. The van der Waals surface area contributed by atoms with Crippen molar-refractivity contribution < 1.29 is 13.3 Å². The number of hydrogen-bond acceptors (Lipinski definition) is 5. The van der Waals surface area contributed by atoms with Crippen molar-refractivity contribution in [1.82, 2.24) is 4.31 Å². The maximum Gasteiger partial charge on any atom is 0.289 e. The standard InChI is InChI=1S/C15H23N3O4S/c1-15(2,11-16)12-7-9-17(10-8-12)23(21,22)14-6-4-3-5-13(14)18(19)20/h3-6,12H,7-11,16H2,1-2H3. The van der Waals surface area contributed by atoms with Gasteiger partial charge in [-0.25, -0.2) is 8.42 Å². The Morgan fingerprint density at radius 2 is 1.87 bits per heavy atom. The van der Waals surface area contributed by atoms with Crippen molar-refractivity contribution in [1.29, 1.82) is 0 Å². The Hall–Kier alpha value is -1.51. The van der Waals surface area contributed by atoms with Crippen molar-refractivity contribution in [2.45, 2.75) is 31.6 Å². The van der Waals surface area contributed by atoms with E-state index in [0.29, 0.717) is 38.4 Å². The van der Waals surface area contributed by atoms with Gasteiger partial charge >= 0.3 is 0 Å². The molecule has 23 heavy (non-hydrogen) atoms. The Balaban J connectivity index is 2.22. The van der Waals surface area contributed by atoms with Gasteiger partial charge in [0.25, 0.3) is 5.69 Å². The number of rotatable bonds is 5. The van der Waals surface area contributed by atoms with Crippen molar-refractivity contribution in [3.05, 3.63) is 34.4 Å². The van der Waals surface area contributed by atoms with Crippen LogP contribution in [-0.2, 0) is 10.0 Å². The van der Waals surface area contributed by atoms with Gasteiger partial charge in [-0.2, -0.15) is 4.31 Å². The van der Waals surface area contributed by atoms with Gasteiger partial charge in [-0.3, -0.25) is 10.1 Å². The number of nitrogens with zero attached hydrogens (tertiary/aromatic N) is 2. The van der Waals surface area contributed by atoms with E-state index in [1.54, 1.807) is 0 Å². The molecule has 1 aromatic carbocycles. The first-order chi connectivity index (χ1) is 10.7. The summed E-state index contributed by atoms with van der Waals surface area (Å²) in [5, 5.41) is 11.1. The molecule has 1 fully saturated rings. The zero-order valence-corrected chi connectivity index (χ0v) is 14.3. The van der Waals surface area contributed by atoms with Crippen LogP contribution in [0.15, 0.2) is 29.2 Å². The molecule has 128 valence electrons. The highest BCUT2D eigenvalue weighted by Crippen LogP contribution is 2.36. The maximum absolute atomic E-state index is 12.7. The molecule has 1 aliphatic rings. The molecular weight excluding hydrogens is 318 g/mol. The highest BCUT2D eigenvalue weighted by molar-refractivity contribution is 7.89. The van der Waals surface area contributed by atoms with E-state index in [1.165, 1.54) is 28.6 Å². The van der Waals surface area contributed by atoms with Gasteiger partial charge in [-0.1, -0.05) is 26.0 Å². The summed E-state index contributed by atoms with van der Waals surface area (Å²) in [5.41, 5.74) is 5.38. The summed E-state index contributed by atoms with van der Waals surface area (Å²) in [7, 11) is -3.85. The molecule has 2 rings (SSSR count). The molecule has 0 aliphatic carbocycles. The van der Waals surface area contributed by atoms with Crippen LogP contribution in [0.4, 0.5) is 5.69 Å². The maximum atomic E-state index is 12.7. The zero-order valence-electron chi connectivity index (χ0n) is 13.4. The molecule has 0 bridgehead atoms. The molecule has 0 radical (unpaired) electrons. The zero-order chi connectivity index (χ0) is 17.3. The molecule has 7 nitrogen and oxygen atoms in total. The average molecular weight is 341 g/mol. The molecule has 1 heterocycles. The molecule has 0 saturated carbocycles. The van der Waals surface area contributed by atoms with E-state index in [0.717, 1.165) is 0 Å². The highest BCUT2D eigenvalue weighted by Gasteiger charge is 2.37. The van der Waals surface area contributed by atoms with E-state index in [4.69, 9.17) is 5.73 Å². The Bertz CT molecular complexity index is 680. The van der Waals surface area contributed by atoms with Gasteiger partial charge in [-0.05, 0) is 36.8 Å². The van der Waals surface area contributed by atoms with Crippen LogP contribution in [0.3, 0.4) is 0 Å². The van der Waals surface area contributed by atoms with Crippen LogP contribution < -0.4 is 5.73 Å². The monoisotopic (exact) mass is 341 g/mol. The Morgan fingerprint density at radius 3 is 2.39 bits per heavy atom. The predicted octanol–water partition coefficient (Wildman–Crippen LogP) is 1.98. The third kappa shape index (κ3) is 3.54. The molecule has 8 heteroatoms. The SMILES string of the molecule is CC(C)(CN)C1CCN(S(=O)(=O)c2ccccc2[N+](=O)[O-])CC1. The van der Waals surface area contributed by atoms with Crippen molar-refractivity contribution in [3.63, 3.8) is 0 Å². The lowest BCUT2D eigenvalue weighted by Gasteiger charge is -2.39. The predicted molar refractivity (Wildman–Crippen MR) is 87.4 cm³/mol. The molecule has 1 aromatic rings. The summed E-state index contributed by atoms with van der Waals surface area (Å²) in [5.74, 6) is 0.352. The number of piperidine rings is 1. The summed E-state index contributed by atoms with van der Waals surface area (Å²) in [4.78, 5) is 10.2. The van der Waals surface area contributed by atoms with E-state index in [-0.39, 0.29) is 16.0 Å². The number of hydrogen-bond donors (Lipinski definition) is 1. The minimum atomic E-state index is -3.85. The number of para-hydroxylation sites is 1. The number of nitrogens with two attached hydrogens (primary N) is 1. The quantitative estimate of drug-likeness (QED) is 0.651. The summed E-state index contributed by atoms with van der Waals surface area (Å²) in [6, 6.07) is 5.48. The lowest BCUT2D eigenvalue weighted by Crippen LogP contribution is -2.44. The van der Waals surface area contributed by atoms with Crippen molar-refractivity contribution in [3.8, 4) is 0 Å². The molecule has 0 aromatic heterocycles. The van der Waals surface area contributed by atoms with Gasteiger partial charge < -0.3 is 5.73 Å². The topological polar surface area (TPSA) is 107 Å². The molecule has 0 unspecified atom stereocenters. The van der Waals surface area contributed by atoms with Gasteiger partial charge in [-0.15, -0.1) is 0 Å².